The van der Waals surface area contributed by atoms with E-state index in [0.29, 0.717) is 37.8 Å². The van der Waals surface area contributed by atoms with Gasteiger partial charge in [0.15, 0.2) is 27.3 Å². The van der Waals surface area contributed by atoms with E-state index in [2.05, 4.69) is 10.6 Å². The van der Waals surface area contributed by atoms with Crippen LogP contribution in [0.4, 0.5) is 23.7 Å². The summed E-state index contributed by atoms with van der Waals surface area (Å²) in [5.41, 5.74) is -1.10. The topological polar surface area (TPSA) is 102 Å². The third-order valence-electron chi connectivity index (χ3n) is 6.83. The number of hydrogen-bond donors (Lipinski definition) is 2. The van der Waals surface area contributed by atoms with Crippen molar-refractivity contribution in [2.75, 3.05) is 5.32 Å². The number of carbonyl (C=O) groups excluding carboxylic acids is 2. The highest BCUT2D eigenvalue weighted by Gasteiger charge is 2.50. The lowest BCUT2D eigenvalue weighted by Gasteiger charge is -2.35. The van der Waals surface area contributed by atoms with Crippen molar-refractivity contribution in [3.63, 3.8) is 0 Å². The van der Waals surface area contributed by atoms with Crippen LogP contribution < -0.4 is 10.6 Å². The molecule has 0 heterocycles. The van der Waals surface area contributed by atoms with Crippen LogP contribution in [0.5, 0.6) is 0 Å². The Morgan fingerprint density at radius 2 is 1.58 bits per heavy atom. The Hall–Kier alpha value is -2.79. The van der Waals surface area contributed by atoms with Gasteiger partial charge in [0.2, 0.25) is 0 Å². The first-order valence-electron chi connectivity index (χ1n) is 12.1. The molecular weight excluding hydrogens is 545 g/mol. The molecule has 0 aromatic heterocycles. The van der Waals surface area contributed by atoms with Crippen LogP contribution in [-0.4, -0.2) is 37.3 Å². The van der Waals surface area contributed by atoms with Crippen LogP contribution in [-0.2, 0) is 14.6 Å². The minimum absolute atomic E-state index is 0.0613. The molecule has 4 rings (SSSR count). The van der Waals surface area contributed by atoms with Gasteiger partial charge in [-0.1, -0.05) is 11.6 Å². The van der Waals surface area contributed by atoms with Gasteiger partial charge >= 0.3 is 6.09 Å². The normalized spacial score (nSPS) is 23.1. The molecule has 38 heavy (non-hydrogen) atoms. The second kappa shape index (κ2) is 10.4. The van der Waals surface area contributed by atoms with Crippen molar-refractivity contribution in [3.8, 4) is 0 Å². The molecule has 0 spiro atoms. The van der Waals surface area contributed by atoms with Gasteiger partial charge in [0.25, 0.3) is 5.91 Å². The van der Waals surface area contributed by atoms with E-state index in [-0.39, 0.29) is 39.0 Å². The Morgan fingerprint density at radius 1 is 1.00 bits per heavy atom. The fraction of sp³-hybridized carbons (Fsp3) is 0.462. The zero-order chi connectivity index (χ0) is 28.0. The largest absolute Gasteiger partial charge is 0.444 e. The predicted octanol–water partition coefficient (Wildman–Crippen LogP) is 5.87. The third kappa shape index (κ3) is 5.93. The van der Waals surface area contributed by atoms with E-state index in [9.17, 15) is 31.2 Å². The zero-order valence-electron chi connectivity index (χ0n) is 21.0. The Kier molecular flexibility index (Phi) is 7.73. The minimum atomic E-state index is -3.98. The summed E-state index contributed by atoms with van der Waals surface area (Å²) in [5, 5.41) is 4.28. The van der Waals surface area contributed by atoms with Gasteiger partial charge in [0.1, 0.15) is 5.60 Å². The maximum atomic E-state index is 13.8. The van der Waals surface area contributed by atoms with Crippen molar-refractivity contribution < 1.29 is 35.9 Å². The van der Waals surface area contributed by atoms with E-state index in [0.717, 1.165) is 6.07 Å². The fourth-order valence-electron chi connectivity index (χ4n) is 5.41. The fourth-order valence-corrected chi connectivity index (χ4v) is 8.28. The quantitative estimate of drug-likeness (QED) is 0.437. The van der Waals surface area contributed by atoms with E-state index in [1.165, 1.54) is 12.1 Å². The Labute approximate surface area is 224 Å². The van der Waals surface area contributed by atoms with Crippen molar-refractivity contribution in [2.45, 2.75) is 68.2 Å². The first-order chi connectivity index (χ1) is 17.7. The molecule has 4 atom stereocenters. The molecule has 2 aliphatic rings. The molecule has 12 heteroatoms. The van der Waals surface area contributed by atoms with Gasteiger partial charge < -0.3 is 15.4 Å². The van der Waals surface area contributed by atoms with Crippen LogP contribution in [0.3, 0.4) is 0 Å². The van der Waals surface area contributed by atoms with Crippen LogP contribution >= 0.6 is 11.6 Å². The van der Waals surface area contributed by atoms with E-state index in [4.69, 9.17) is 16.3 Å². The van der Waals surface area contributed by atoms with Crippen molar-refractivity contribution in [3.05, 3.63) is 58.4 Å². The van der Waals surface area contributed by atoms with E-state index in [1.807, 2.05) is 0 Å². The number of carbonyl (C=O) groups is 2. The molecule has 2 saturated carbocycles. The summed E-state index contributed by atoms with van der Waals surface area (Å²) >= 11 is 6.27. The lowest BCUT2D eigenvalue weighted by molar-refractivity contribution is 0.0483. The standard InChI is InChI=1S/C26H28ClF3N2O5S/c1-26(2,3)37-25(34)32-16-8-13-4-5-14(9-16)23(13)38(35,36)21-10-15(6-7-18(21)27)24(33)31-17-11-19(28)22(30)20(29)12-17/h6-7,10-14,16,23H,4-5,8-9H2,1-3H3,(H,31,33)(H,32,34)/t13-,14?,16-,23+/m0/s1. The number of alkyl carbamates (subject to hydrolysis) is 1. The number of sulfone groups is 1. The number of rotatable bonds is 5. The lowest BCUT2D eigenvalue weighted by atomic mass is 9.85. The maximum Gasteiger partial charge on any atom is 0.407 e. The molecule has 0 radical (unpaired) electrons. The highest BCUT2D eigenvalue weighted by Crippen LogP contribution is 2.48. The summed E-state index contributed by atoms with van der Waals surface area (Å²) in [6.45, 7) is 5.27. The second-order valence-corrected chi connectivity index (χ2v) is 13.3. The average Bonchev–Trinajstić information content (AvgIpc) is 3.08. The Bertz CT molecular complexity index is 1340. The van der Waals surface area contributed by atoms with E-state index >= 15 is 0 Å². The summed E-state index contributed by atoms with van der Waals surface area (Å²) in [4.78, 5) is 24.7. The maximum absolute atomic E-state index is 13.8. The molecule has 2 amide bonds. The SMILES string of the molecule is CC(C)(C)OC(=O)N[C@@H]1CC2CC[C@@H](C1)[C@H]2S(=O)(=O)c1cc(C(=O)Nc2cc(F)c(F)c(F)c2)ccc1Cl. The van der Waals surface area contributed by atoms with Crippen molar-refractivity contribution in [1.29, 1.82) is 0 Å². The number of halogens is 4. The van der Waals surface area contributed by atoms with Gasteiger partial charge in [-0.25, -0.2) is 26.4 Å². The average molecular weight is 573 g/mol. The number of hydrogen-bond acceptors (Lipinski definition) is 5. The van der Waals surface area contributed by atoms with E-state index < -0.39 is 50.1 Å². The summed E-state index contributed by atoms with van der Waals surface area (Å²) in [5.74, 6) is -5.93. The minimum Gasteiger partial charge on any atom is -0.444 e. The molecule has 0 saturated heterocycles. The van der Waals surface area contributed by atoms with Crippen LogP contribution in [0.1, 0.15) is 56.8 Å². The van der Waals surface area contributed by atoms with Crippen LogP contribution in [0.15, 0.2) is 35.2 Å². The highest BCUT2D eigenvalue weighted by molar-refractivity contribution is 7.92. The van der Waals surface area contributed by atoms with Gasteiger partial charge in [-0.2, -0.15) is 0 Å². The summed E-state index contributed by atoms with van der Waals surface area (Å²) in [7, 11) is -3.98. The summed E-state index contributed by atoms with van der Waals surface area (Å²) in [6.07, 6.45) is 1.70. The molecule has 2 aromatic carbocycles. The molecule has 1 unspecified atom stereocenters. The zero-order valence-corrected chi connectivity index (χ0v) is 22.6. The van der Waals surface area contributed by atoms with Gasteiger partial charge in [0, 0.05) is 29.4 Å². The first-order valence-corrected chi connectivity index (χ1v) is 14.1. The number of benzene rings is 2. The van der Waals surface area contributed by atoms with Crippen molar-refractivity contribution >= 4 is 39.1 Å². The van der Waals surface area contributed by atoms with Crippen molar-refractivity contribution in [1.82, 2.24) is 5.32 Å². The Balaban J connectivity index is 1.53. The van der Waals surface area contributed by atoms with Crippen LogP contribution in [0, 0.1) is 29.3 Å². The number of ether oxygens (including phenoxy) is 1. The first kappa shape index (κ1) is 28.2. The molecule has 0 aliphatic heterocycles. The van der Waals surface area contributed by atoms with Crippen molar-refractivity contribution in [2.24, 2.45) is 11.8 Å². The number of fused-ring (bicyclic) bond motifs is 2. The third-order valence-corrected chi connectivity index (χ3v) is 9.71. The molecule has 2 fully saturated rings. The van der Waals surface area contributed by atoms with Crippen LogP contribution in [0.2, 0.25) is 5.02 Å². The highest BCUT2D eigenvalue weighted by atomic mass is 35.5. The van der Waals surface area contributed by atoms with Gasteiger partial charge in [0.05, 0.1) is 15.2 Å². The summed E-state index contributed by atoms with van der Waals surface area (Å²) < 4.78 is 73.2. The molecular formula is C26H28ClF3N2O5S. The molecule has 2 bridgehead atoms. The van der Waals surface area contributed by atoms with Gasteiger partial charge in [-0.3, -0.25) is 4.79 Å². The molecule has 7 nitrogen and oxygen atoms in total. The molecule has 2 N–H and O–H groups in total. The van der Waals surface area contributed by atoms with Crippen LogP contribution in [0.25, 0.3) is 0 Å². The smallest absolute Gasteiger partial charge is 0.407 e. The molecule has 2 aromatic rings. The predicted molar refractivity (Wildman–Crippen MR) is 135 cm³/mol. The van der Waals surface area contributed by atoms with Gasteiger partial charge in [-0.05, 0) is 76.5 Å². The molecule has 206 valence electrons. The number of nitrogens with one attached hydrogen (secondary N) is 2. The van der Waals surface area contributed by atoms with E-state index in [1.54, 1.807) is 20.8 Å². The summed E-state index contributed by atoms with van der Waals surface area (Å²) in [6, 6.07) is 4.69. The number of anilines is 1. The number of amides is 2. The second-order valence-electron chi connectivity index (χ2n) is 10.8. The van der Waals surface area contributed by atoms with Gasteiger partial charge in [-0.15, -0.1) is 0 Å². The lowest BCUT2D eigenvalue weighted by Crippen LogP contribution is -2.47. The Morgan fingerprint density at radius 3 is 2.13 bits per heavy atom. The monoisotopic (exact) mass is 572 g/mol. The molecule has 2 aliphatic carbocycles.